The van der Waals surface area contributed by atoms with Crippen molar-refractivity contribution in [2.45, 2.75) is 46.1 Å². The Morgan fingerprint density at radius 2 is 2.22 bits per heavy atom. The molecule has 0 aromatic heterocycles. The molecule has 106 valence electrons. The molecule has 1 rings (SSSR count). The van der Waals surface area contributed by atoms with Crippen molar-refractivity contribution in [3.05, 3.63) is 0 Å². The van der Waals surface area contributed by atoms with E-state index in [0.717, 1.165) is 13.1 Å². The second kappa shape index (κ2) is 8.48. The topological polar surface area (TPSA) is 50.4 Å². The third-order valence-electron chi connectivity index (χ3n) is 3.52. The second-order valence-corrected chi connectivity index (χ2v) is 5.56. The molecule has 0 aromatic rings. The summed E-state index contributed by atoms with van der Waals surface area (Å²) in [7, 11) is 0. The smallest absolute Gasteiger partial charge is 0.220 e. The minimum absolute atomic E-state index is 0.153. The third kappa shape index (κ3) is 6.36. The molecule has 0 aromatic carbocycles. The van der Waals surface area contributed by atoms with Gasteiger partial charge in [0, 0.05) is 13.0 Å². The lowest BCUT2D eigenvalue weighted by atomic mass is 9.85. The highest BCUT2D eigenvalue weighted by molar-refractivity contribution is 5.76. The minimum Gasteiger partial charge on any atom is -0.377 e. The first kappa shape index (κ1) is 15.4. The van der Waals surface area contributed by atoms with Crippen LogP contribution in [0.5, 0.6) is 0 Å². The van der Waals surface area contributed by atoms with E-state index in [2.05, 4.69) is 17.6 Å². The van der Waals surface area contributed by atoms with E-state index in [1.807, 2.05) is 13.8 Å². The Balaban J connectivity index is 2.10. The number of carbonyl (C=O) groups is 1. The van der Waals surface area contributed by atoms with Gasteiger partial charge in [-0.3, -0.25) is 4.79 Å². The van der Waals surface area contributed by atoms with Gasteiger partial charge in [0.2, 0.25) is 5.91 Å². The van der Waals surface area contributed by atoms with Crippen molar-refractivity contribution >= 4 is 5.91 Å². The van der Waals surface area contributed by atoms with Crippen molar-refractivity contribution in [3.8, 4) is 0 Å². The van der Waals surface area contributed by atoms with E-state index in [0.29, 0.717) is 31.4 Å². The molecule has 4 heteroatoms. The van der Waals surface area contributed by atoms with Crippen LogP contribution in [0.25, 0.3) is 0 Å². The van der Waals surface area contributed by atoms with Gasteiger partial charge in [-0.2, -0.15) is 0 Å². The molecular formula is C14H28N2O2. The number of rotatable bonds is 7. The van der Waals surface area contributed by atoms with Crippen LogP contribution in [0.4, 0.5) is 0 Å². The molecule has 1 saturated heterocycles. The lowest BCUT2D eigenvalue weighted by Gasteiger charge is -2.28. The molecule has 4 nitrogen and oxygen atoms in total. The van der Waals surface area contributed by atoms with Crippen LogP contribution in [0.2, 0.25) is 0 Å². The van der Waals surface area contributed by atoms with Gasteiger partial charge in [0.25, 0.3) is 0 Å². The van der Waals surface area contributed by atoms with E-state index >= 15 is 0 Å². The molecule has 1 aliphatic rings. The molecule has 0 spiro atoms. The summed E-state index contributed by atoms with van der Waals surface area (Å²) >= 11 is 0. The van der Waals surface area contributed by atoms with E-state index in [-0.39, 0.29) is 12.0 Å². The first-order chi connectivity index (χ1) is 8.59. The Bertz CT molecular complexity index is 238. The molecule has 0 bridgehead atoms. The van der Waals surface area contributed by atoms with Crippen LogP contribution in [0.3, 0.4) is 0 Å². The molecule has 2 N–H and O–H groups in total. The number of piperidine rings is 1. The maximum atomic E-state index is 11.8. The SMILES string of the molecule is CC(C)OCCNC(=O)CC(C)C1CCCNC1. The maximum Gasteiger partial charge on any atom is 0.220 e. The molecule has 1 aliphatic heterocycles. The predicted molar refractivity (Wildman–Crippen MR) is 73.5 cm³/mol. The number of ether oxygens (including phenoxy) is 1. The molecule has 0 radical (unpaired) electrons. The Hall–Kier alpha value is -0.610. The van der Waals surface area contributed by atoms with Crippen molar-refractivity contribution in [1.29, 1.82) is 0 Å². The first-order valence-electron chi connectivity index (χ1n) is 7.18. The van der Waals surface area contributed by atoms with Gasteiger partial charge in [-0.05, 0) is 51.6 Å². The monoisotopic (exact) mass is 256 g/mol. The molecule has 1 heterocycles. The van der Waals surface area contributed by atoms with Gasteiger partial charge in [0.05, 0.1) is 12.7 Å². The molecule has 0 saturated carbocycles. The van der Waals surface area contributed by atoms with Gasteiger partial charge >= 0.3 is 0 Å². The first-order valence-corrected chi connectivity index (χ1v) is 7.18. The highest BCUT2D eigenvalue weighted by Crippen LogP contribution is 2.22. The van der Waals surface area contributed by atoms with E-state index in [4.69, 9.17) is 4.74 Å². The lowest BCUT2D eigenvalue weighted by Crippen LogP contribution is -2.36. The summed E-state index contributed by atoms with van der Waals surface area (Å²) in [6, 6.07) is 0. The fourth-order valence-electron chi connectivity index (χ4n) is 2.38. The van der Waals surface area contributed by atoms with Gasteiger partial charge in [-0.15, -0.1) is 0 Å². The summed E-state index contributed by atoms with van der Waals surface area (Å²) in [4.78, 5) is 11.8. The molecule has 2 atom stereocenters. The van der Waals surface area contributed by atoms with Crippen LogP contribution in [-0.2, 0) is 9.53 Å². The predicted octanol–water partition coefficient (Wildman–Crippen LogP) is 1.55. The van der Waals surface area contributed by atoms with E-state index in [1.165, 1.54) is 12.8 Å². The van der Waals surface area contributed by atoms with Crippen LogP contribution in [0.1, 0.15) is 40.0 Å². The van der Waals surface area contributed by atoms with Gasteiger partial charge in [-0.1, -0.05) is 6.92 Å². The summed E-state index contributed by atoms with van der Waals surface area (Å²) in [6.07, 6.45) is 3.35. The van der Waals surface area contributed by atoms with Crippen molar-refractivity contribution in [2.24, 2.45) is 11.8 Å². The Morgan fingerprint density at radius 1 is 1.44 bits per heavy atom. The summed E-state index contributed by atoms with van der Waals surface area (Å²) in [5, 5.41) is 6.33. The molecule has 0 aliphatic carbocycles. The standard InChI is InChI=1S/C14H28N2O2/c1-11(2)18-8-7-16-14(17)9-12(3)13-5-4-6-15-10-13/h11-13,15H,4-10H2,1-3H3,(H,16,17). The summed E-state index contributed by atoms with van der Waals surface area (Å²) in [5.41, 5.74) is 0. The van der Waals surface area contributed by atoms with E-state index in [1.54, 1.807) is 0 Å². The summed E-state index contributed by atoms with van der Waals surface area (Å²) in [6.45, 7) is 9.59. The molecular weight excluding hydrogens is 228 g/mol. The fraction of sp³-hybridized carbons (Fsp3) is 0.929. The molecule has 1 fully saturated rings. The Kier molecular flexibility index (Phi) is 7.28. The second-order valence-electron chi connectivity index (χ2n) is 5.56. The average Bonchev–Trinajstić information content (AvgIpc) is 2.35. The Labute approximate surface area is 111 Å². The number of hydrogen-bond acceptors (Lipinski definition) is 3. The van der Waals surface area contributed by atoms with Crippen molar-refractivity contribution in [1.82, 2.24) is 10.6 Å². The number of hydrogen-bond donors (Lipinski definition) is 2. The van der Waals surface area contributed by atoms with Crippen LogP contribution in [-0.4, -0.2) is 38.3 Å². The van der Waals surface area contributed by atoms with Crippen LogP contribution in [0, 0.1) is 11.8 Å². The van der Waals surface area contributed by atoms with Crippen molar-refractivity contribution in [2.75, 3.05) is 26.2 Å². The van der Waals surface area contributed by atoms with Crippen LogP contribution < -0.4 is 10.6 Å². The van der Waals surface area contributed by atoms with Crippen LogP contribution in [0.15, 0.2) is 0 Å². The zero-order chi connectivity index (χ0) is 13.4. The highest BCUT2D eigenvalue weighted by atomic mass is 16.5. The number of amides is 1. The quantitative estimate of drug-likeness (QED) is 0.680. The van der Waals surface area contributed by atoms with E-state index < -0.39 is 0 Å². The maximum absolute atomic E-state index is 11.8. The van der Waals surface area contributed by atoms with Crippen LogP contribution >= 0.6 is 0 Å². The highest BCUT2D eigenvalue weighted by Gasteiger charge is 2.21. The largest absolute Gasteiger partial charge is 0.377 e. The fourth-order valence-corrected chi connectivity index (χ4v) is 2.38. The third-order valence-corrected chi connectivity index (χ3v) is 3.52. The molecule has 18 heavy (non-hydrogen) atoms. The Morgan fingerprint density at radius 3 is 2.83 bits per heavy atom. The number of carbonyl (C=O) groups excluding carboxylic acids is 1. The lowest BCUT2D eigenvalue weighted by molar-refractivity contribution is -0.122. The van der Waals surface area contributed by atoms with E-state index in [9.17, 15) is 4.79 Å². The molecule has 1 amide bonds. The molecule has 2 unspecified atom stereocenters. The average molecular weight is 256 g/mol. The minimum atomic E-state index is 0.153. The normalized spacial score (nSPS) is 21.9. The summed E-state index contributed by atoms with van der Waals surface area (Å²) < 4.78 is 5.39. The van der Waals surface area contributed by atoms with Gasteiger partial charge in [0.1, 0.15) is 0 Å². The zero-order valence-electron chi connectivity index (χ0n) is 12.0. The number of nitrogens with one attached hydrogen (secondary N) is 2. The van der Waals surface area contributed by atoms with Gasteiger partial charge in [0.15, 0.2) is 0 Å². The zero-order valence-corrected chi connectivity index (χ0v) is 12.0. The van der Waals surface area contributed by atoms with Gasteiger partial charge < -0.3 is 15.4 Å². The van der Waals surface area contributed by atoms with Crippen molar-refractivity contribution < 1.29 is 9.53 Å². The van der Waals surface area contributed by atoms with Gasteiger partial charge in [-0.25, -0.2) is 0 Å². The van der Waals surface area contributed by atoms with Crippen molar-refractivity contribution in [3.63, 3.8) is 0 Å². The summed E-state index contributed by atoms with van der Waals surface area (Å²) in [5.74, 6) is 1.26.